The highest BCUT2D eigenvalue weighted by molar-refractivity contribution is 7.85. The van der Waals surface area contributed by atoms with Gasteiger partial charge in [0.1, 0.15) is 0 Å². The maximum atomic E-state index is 13.2. The predicted molar refractivity (Wildman–Crippen MR) is 125 cm³/mol. The summed E-state index contributed by atoms with van der Waals surface area (Å²) in [7, 11) is -1.06. The van der Waals surface area contributed by atoms with Gasteiger partial charge in [-0.15, -0.1) is 0 Å². The van der Waals surface area contributed by atoms with E-state index in [9.17, 15) is 4.21 Å². The Labute approximate surface area is 185 Å². The van der Waals surface area contributed by atoms with Gasteiger partial charge in [0.05, 0.1) is 5.25 Å². The molecule has 3 aromatic carbocycles. The van der Waals surface area contributed by atoms with E-state index in [4.69, 9.17) is 23.2 Å². The first kappa shape index (κ1) is 22.0. The van der Waals surface area contributed by atoms with Crippen LogP contribution in [-0.4, -0.2) is 23.1 Å². The maximum Gasteiger partial charge on any atom is 0.0847 e. The number of hydrogen-bond donors (Lipinski definition) is 1. The molecule has 0 spiro atoms. The lowest BCUT2D eigenvalue weighted by Gasteiger charge is -2.18. The fourth-order valence-electron chi connectivity index (χ4n) is 3.25. The van der Waals surface area contributed by atoms with Crippen molar-refractivity contribution in [3.05, 3.63) is 106 Å². The molecule has 5 heteroatoms. The molecule has 29 heavy (non-hydrogen) atoms. The summed E-state index contributed by atoms with van der Waals surface area (Å²) in [5.74, 6) is 0.585. The van der Waals surface area contributed by atoms with Crippen molar-refractivity contribution in [3.63, 3.8) is 0 Å². The summed E-state index contributed by atoms with van der Waals surface area (Å²) in [5, 5.41) is 4.58. The molecule has 0 aliphatic heterocycles. The quantitative estimate of drug-likeness (QED) is 0.384. The van der Waals surface area contributed by atoms with Gasteiger partial charge in [0, 0.05) is 33.1 Å². The van der Waals surface area contributed by atoms with Crippen molar-refractivity contribution >= 4 is 34.0 Å². The normalized spacial score (nSPS) is 12.2. The Morgan fingerprint density at radius 1 is 0.759 bits per heavy atom. The highest BCUT2D eigenvalue weighted by Crippen LogP contribution is 2.30. The molecule has 0 saturated carbocycles. The van der Waals surface area contributed by atoms with E-state index >= 15 is 0 Å². The second kappa shape index (κ2) is 11.5. The minimum absolute atomic E-state index is 0.198. The van der Waals surface area contributed by atoms with Crippen LogP contribution in [0.25, 0.3) is 0 Å². The van der Waals surface area contributed by atoms with Crippen LogP contribution in [0.2, 0.25) is 10.0 Å². The van der Waals surface area contributed by atoms with Crippen LogP contribution < -0.4 is 5.32 Å². The molecular formula is C24H25Cl2NOS. The average Bonchev–Trinajstić information content (AvgIpc) is 2.74. The lowest BCUT2D eigenvalue weighted by atomic mass is 10.0. The van der Waals surface area contributed by atoms with Crippen molar-refractivity contribution in [1.82, 2.24) is 5.32 Å². The third kappa shape index (κ3) is 6.97. The fourth-order valence-corrected chi connectivity index (χ4v) is 5.00. The number of halogens is 2. The smallest absolute Gasteiger partial charge is 0.0847 e. The van der Waals surface area contributed by atoms with Gasteiger partial charge in [-0.1, -0.05) is 77.8 Å². The van der Waals surface area contributed by atoms with Crippen molar-refractivity contribution < 1.29 is 4.21 Å². The van der Waals surface area contributed by atoms with Gasteiger partial charge in [0.15, 0.2) is 0 Å². The summed E-state index contributed by atoms with van der Waals surface area (Å²) in [6.07, 6.45) is 2.11. The van der Waals surface area contributed by atoms with Crippen LogP contribution in [0.3, 0.4) is 0 Å². The second-order valence-corrected chi connectivity index (χ2v) is 9.42. The molecule has 1 N–H and O–H groups in total. The zero-order chi connectivity index (χ0) is 20.5. The maximum absolute atomic E-state index is 13.2. The minimum atomic E-state index is -1.06. The van der Waals surface area contributed by atoms with Gasteiger partial charge >= 0.3 is 0 Å². The molecule has 3 rings (SSSR count). The average molecular weight is 446 g/mol. The summed E-state index contributed by atoms with van der Waals surface area (Å²) >= 11 is 12.1. The molecule has 0 fully saturated rings. The minimum Gasteiger partial charge on any atom is -0.316 e. The first-order valence-electron chi connectivity index (χ1n) is 9.76. The standard InChI is InChI=1S/C24H25Cl2NOS/c25-22-12-8-20(9-13-22)24(21-10-14-23(26)15-11-21)29(28)18-17-27-16-4-7-19-5-2-1-3-6-19/h1-3,5-6,8-15,24,27H,4,7,16-18H2. The molecule has 0 aliphatic carbocycles. The second-order valence-electron chi connectivity index (χ2n) is 6.91. The van der Waals surface area contributed by atoms with E-state index in [2.05, 4.69) is 29.6 Å². The number of hydrogen-bond acceptors (Lipinski definition) is 2. The highest BCUT2D eigenvalue weighted by atomic mass is 35.5. The molecule has 2 nitrogen and oxygen atoms in total. The molecule has 0 bridgehead atoms. The molecule has 1 unspecified atom stereocenters. The van der Waals surface area contributed by atoms with Gasteiger partial charge in [-0.3, -0.25) is 4.21 Å². The molecule has 0 amide bonds. The van der Waals surface area contributed by atoms with Gasteiger partial charge in [-0.05, 0) is 60.3 Å². The van der Waals surface area contributed by atoms with E-state index in [1.165, 1.54) is 5.56 Å². The van der Waals surface area contributed by atoms with Crippen molar-refractivity contribution in [2.45, 2.75) is 18.1 Å². The summed E-state index contributed by atoms with van der Waals surface area (Å²) in [6.45, 7) is 1.64. The van der Waals surface area contributed by atoms with Gasteiger partial charge < -0.3 is 5.32 Å². The largest absolute Gasteiger partial charge is 0.316 e. The number of aryl methyl sites for hydroxylation is 1. The molecular weight excluding hydrogens is 421 g/mol. The lowest BCUT2D eigenvalue weighted by Crippen LogP contribution is -2.24. The Morgan fingerprint density at radius 3 is 1.86 bits per heavy atom. The number of nitrogens with one attached hydrogen (secondary N) is 1. The Bertz CT molecular complexity index is 853. The van der Waals surface area contributed by atoms with Crippen molar-refractivity contribution in [3.8, 4) is 0 Å². The van der Waals surface area contributed by atoms with E-state index in [-0.39, 0.29) is 5.25 Å². The Kier molecular flexibility index (Phi) is 8.75. The summed E-state index contributed by atoms with van der Waals surface area (Å²) < 4.78 is 13.2. The van der Waals surface area contributed by atoms with Gasteiger partial charge in [0.2, 0.25) is 0 Å². The highest BCUT2D eigenvalue weighted by Gasteiger charge is 2.21. The third-order valence-electron chi connectivity index (χ3n) is 4.75. The van der Waals surface area contributed by atoms with Crippen molar-refractivity contribution in [1.29, 1.82) is 0 Å². The van der Waals surface area contributed by atoms with Crippen molar-refractivity contribution in [2.75, 3.05) is 18.8 Å². The SMILES string of the molecule is O=S(CCNCCCc1ccccc1)C(c1ccc(Cl)cc1)c1ccc(Cl)cc1. The van der Waals surface area contributed by atoms with Crippen LogP contribution in [0.4, 0.5) is 0 Å². The zero-order valence-corrected chi connectivity index (χ0v) is 18.5. The molecule has 0 radical (unpaired) electrons. The summed E-state index contributed by atoms with van der Waals surface area (Å²) in [6, 6.07) is 25.7. The van der Waals surface area contributed by atoms with Gasteiger partial charge in [-0.25, -0.2) is 0 Å². The molecule has 1 atom stereocenters. The van der Waals surface area contributed by atoms with Crippen LogP contribution in [0.5, 0.6) is 0 Å². The van der Waals surface area contributed by atoms with Gasteiger partial charge in [-0.2, -0.15) is 0 Å². The lowest BCUT2D eigenvalue weighted by molar-refractivity contribution is 0.655. The van der Waals surface area contributed by atoms with E-state index < -0.39 is 10.8 Å². The van der Waals surface area contributed by atoms with Crippen LogP contribution in [-0.2, 0) is 17.2 Å². The Balaban J connectivity index is 1.55. The molecule has 0 aromatic heterocycles. The third-order valence-corrected chi connectivity index (χ3v) is 6.93. The first-order chi connectivity index (χ1) is 14.1. The van der Waals surface area contributed by atoms with E-state index in [1.54, 1.807) is 0 Å². The summed E-state index contributed by atoms with van der Waals surface area (Å²) in [5.41, 5.74) is 3.35. The van der Waals surface area contributed by atoms with Gasteiger partial charge in [0.25, 0.3) is 0 Å². The monoisotopic (exact) mass is 445 g/mol. The van der Waals surface area contributed by atoms with E-state index in [0.29, 0.717) is 15.8 Å². The Hall–Kier alpha value is -1.65. The predicted octanol–water partition coefficient (Wildman–Crippen LogP) is 6.05. The Morgan fingerprint density at radius 2 is 1.31 bits per heavy atom. The van der Waals surface area contributed by atoms with E-state index in [0.717, 1.165) is 37.1 Å². The molecule has 3 aromatic rings. The topological polar surface area (TPSA) is 29.1 Å². The van der Waals surface area contributed by atoms with E-state index in [1.807, 2.05) is 54.6 Å². The first-order valence-corrected chi connectivity index (χ1v) is 11.9. The summed E-state index contributed by atoms with van der Waals surface area (Å²) in [4.78, 5) is 0. The molecule has 0 saturated heterocycles. The van der Waals surface area contributed by atoms with Crippen LogP contribution >= 0.6 is 23.2 Å². The van der Waals surface area contributed by atoms with Crippen molar-refractivity contribution in [2.24, 2.45) is 0 Å². The van der Waals surface area contributed by atoms with Crippen LogP contribution in [0, 0.1) is 0 Å². The fraction of sp³-hybridized carbons (Fsp3) is 0.250. The molecule has 0 aliphatic rings. The number of benzene rings is 3. The van der Waals surface area contributed by atoms with Crippen LogP contribution in [0.15, 0.2) is 78.9 Å². The zero-order valence-electron chi connectivity index (χ0n) is 16.2. The number of rotatable bonds is 10. The van der Waals surface area contributed by atoms with Crippen LogP contribution in [0.1, 0.15) is 28.4 Å². The molecule has 152 valence electrons. The molecule has 0 heterocycles.